The zero-order valence-electron chi connectivity index (χ0n) is 10.3. The van der Waals surface area contributed by atoms with E-state index in [0.717, 1.165) is 36.0 Å². The Hall–Kier alpha value is 1.09. The molecule has 0 amide bonds. The van der Waals surface area contributed by atoms with Crippen LogP contribution >= 0.6 is 33.2 Å². The smallest absolute Gasteiger partial charge is 0.126 e. The van der Waals surface area contributed by atoms with E-state index in [1.165, 1.54) is 32.1 Å². The lowest BCUT2D eigenvalue weighted by molar-refractivity contribution is -0.0397. The first kappa shape index (κ1) is 13.1. The van der Waals surface area contributed by atoms with Crippen molar-refractivity contribution >= 4 is 39.2 Å². The molecule has 0 N–H and O–H groups in total. The largest absolute Gasteiger partial charge is 0.344 e. The first-order valence-electron chi connectivity index (χ1n) is 7.05. The highest BCUT2D eigenvalue weighted by atomic mass is 35.8. The van der Waals surface area contributed by atoms with Gasteiger partial charge in [-0.25, -0.2) is 0 Å². The van der Waals surface area contributed by atoms with Crippen molar-refractivity contribution in [1.82, 2.24) is 0 Å². The second-order valence-electron chi connectivity index (χ2n) is 6.56. The molecule has 4 saturated carbocycles. The van der Waals surface area contributed by atoms with E-state index in [9.17, 15) is 0 Å². The topological polar surface area (TPSA) is 0 Å². The minimum absolute atomic E-state index is 0.405. The van der Waals surface area contributed by atoms with E-state index in [1.54, 1.807) is 0 Å². The first-order chi connectivity index (χ1) is 7.99. The van der Waals surface area contributed by atoms with Crippen LogP contribution in [0, 0.1) is 29.6 Å². The second-order valence-corrected chi connectivity index (χ2v) is 15.5. The van der Waals surface area contributed by atoms with Crippen LogP contribution in [0.3, 0.4) is 0 Å². The third kappa shape index (κ3) is 2.30. The maximum Gasteiger partial charge on any atom is 0.344 e. The molecule has 0 aromatic carbocycles. The molecule has 0 aliphatic heterocycles. The molecule has 1 atom stereocenters. The molecule has 0 nitrogen and oxygen atoms in total. The van der Waals surface area contributed by atoms with Gasteiger partial charge in [0.25, 0.3) is 0 Å². The Morgan fingerprint density at radius 2 is 1.41 bits per heavy atom. The van der Waals surface area contributed by atoms with Crippen LogP contribution in [0.4, 0.5) is 0 Å². The Labute approximate surface area is 120 Å². The molecule has 4 aliphatic rings. The van der Waals surface area contributed by atoms with Gasteiger partial charge in [-0.2, -0.15) is 0 Å². The quantitative estimate of drug-likeness (QED) is 0.477. The van der Waals surface area contributed by atoms with Crippen LogP contribution in [0.5, 0.6) is 0 Å². The Kier molecular flexibility index (Phi) is 3.52. The molecule has 0 aromatic rings. The number of hydrogen-bond acceptors (Lipinski definition) is 0. The molecule has 0 radical (unpaired) electrons. The molecule has 1 unspecified atom stereocenters. The van der Waals surface area contributed by atoms with E-state index in [4.69, 9.17) is 33.2 Å². The lowest BCUT2D eigenvalue weighted by Crippen LogP contribution is -2.49. The van der Waals surface area contributed by atoms with E-state index >= 15 is 0 Å². The summed E-state index contributed by atoms with van der Waals surface area (Å²) in [5.41, 5.74) is 0.405. The van der Waals surface area contributed by atoms with E-state index < -0.39 is 6.00 Å². The second kappa shape index (κ2) is 4.58. The molecule has 98 valence electrons. The molecule has 0 heterocycles. The van der Waals surface area contributed by atoms with Crippen LogP contribution in [0.15, 0.2) is 0 Å². The highest BCUT2D eigenvalue weighted by Gasteiger charge is 2.54. The molecule has 4 bridgehead atoms. The molecule has 4 rings (SSSR count). The zero-order valence-corrected chi connectivity index (χ0v) is 13.6. The van der Waals surface area contributed by atoms with Gasteiger partial charge in [-0.3, -0.25) is 0 Å². The van der Waals surface area contributed by atoms with Gasteiger partial charge in [-0.1, -0.05) is 13.3 Å². The monoisotopic (exact) mass is 310 g/mol. The summed E-state index contributed by atoms with van der Waals surface area (Å²) in [4.78, 5) is 0. The number of hydrogen-bond donors (Lipinski definition) is 0. The summed E-state index contributed by atoms with van der Waals surface area (Å²) >= 11 is 19.1. The highest BCUT2D eigenvalue weighted by Crippen LogP contribution is 2.62. The molecule has 17 heavy (non-hydrogen) atoms. The van der Waals surface area contributed by atoms with Crippen LogP contribution in [-0.4, -0.2) is 6.00 Å². The van der Waals surface area contributed by atoms with E-state index in [2.05, 4.69) is 6.92 Å². The van der Waals surface area contributed by atoms with E-state index in [0.29, 0.717) is 5.54 Å². The minimum atomic E-state index is -2.53. The van der Waals surface area contributed by atoms with Gasteiger partial charge in [0.15, 0.2) is 0 Å². The fourth-order valence-corrected chi connectivity index (χ4v) is 9.49. The average molecular weight is 312 g/mol. The van der Waals surface area contributed by atoms with Gasteiger partial charge >= 0.3 is 6.00 Å². The molecule has 4 aliphatic carbocycles. The summed E-state index contributed by atoms with van der Waals surface area (Å²) in [6, 6.07) is -2.53. The third-order valence-corrected chi connectivity index (χ3v) is 9.78. The van der Waals surface area contributed by atoms with Crippen LogP contribution in [0.25, 0.3) is 0 Å². The SMILES string of the molecule is CCC(C1C2CC3CC(C2)CC1C3)[Si](Cl)(Cl)Cl. The third-order valence-electron chi connectivity index (χ3n) is 5.62. The van der Waals surface area contributed by atoms with Crippen molar-refractivity contribution in [3.63, 3.8) is 0 Å². The maximum atomic E-state index is 6.36. The van der Waals surface area contributed by atoms with E-state index in [-0.39, 0.29) is 0 Å². The van der Waals surface area contributed by atoms with Gasteiger partial charge in [0, 0.05) is 0 Å². The van der Waals surface area contributed by atoms with Gasteiger partial charge in [-0.15, -0.1) is 33.2 Å². The summed E-state index contributed by atoms with van der Waals surface area (Å²) in [5, 5.41) is 0. The molecule has 4 heteroatoms. The standard InChI is InChI=1S/C13H21Cl3Si/c1-2-12(17(14,15)16)13-10-4-8-3-9(6-10)7-11(13)5-8/h8-13H,2-7H2,1H3. The average Bonchev–Trinajstić information content (AvgIpc) is 2.20. The Bertz CT molecular complexity index is 272. The van der Waals surface area contributed by atoms with Crippen molar-refractivity contribution in [2.45, 2.75) is 51.0 Å². The normalized spacial score (nSPS) is 46.2. The first-order valence-corrected chi connectivity index (χ1v) is 12.2. The molecular formula is C13H21Cl3Si. The van der Waals surface area contributed by atoms with E-state index in [1.807, 2.05) is 0 Å². The van der Waals surface area contributed by atoms with Crippen LogP contribution < -0.4 is 0 Å². The fraction of sp³-hybridized carbons (Fsp3) is 1.00. The Balaban J connectivity index is 1.83. The van der Waals surface area contributed by atoms with Crippen molar-refractivity contribution in [3.05, 3.63) is 0 Å². The number of rotatable bonds is 3. The van der Waals surface area contributed by atoms with Crippen molar-refractivity contribution in [2.24, 2.45) is 29.6 Å². The zero-order chi connectivity index (χ0) is 12.2. The lowest BCUT2D eigenvalue weighted by atomic mass is 9.51. The minimum Gasteiger partial charge on any atom is -0.126 e. The summed E-state index contributed by atoms with van der Waals surface area (Å²) in [5.74, 6) is 4.55. The summed E-state index contributed by atoms with van der Waals surface area (Å²) < 4.78 is 0. The van der Waals surface area contributed by atoms with Gasteiger partial charge in [0.2, 0.25) is 0 Å². The predicted octanol–water partition coefficient (Wildman–Crippen LogP) is 5.49. The van der Waals surface area contributed by atoms with Crippen molar-refractivity contribution in [2.75, 3.05) is 0 Å². The van der Waals surface area contributed by atoms with Crippen molar-refractivity contribution in [1.29, 1.82) is 0 Å². The highest BCUT2D eigenvalue weighted by molar-refractivity contribution is 7.65. The predicted molar refractivity (Wildman–Crippen MR) is 77.9 cm³/mol. The molecular weight excluding hydrogens is 291 g/mol. The van der Waals surface area contributed by atoms with Crippen LogP contribution in [-0.2, 0) is 0 Å². The van der Waals surface area contributed by atoms with Crippen molar-refractivity contribution in [3.8, 4) is 0 Å². The van der Waals surface area contributed by atoms with Crippen LogP contribution in [0.2, 0.25) is 5.54 Å². The van der Waals surface area contributed by atoms with Crippen LogP contribution in [0.1, 0.15) is 45.4 Å². The molecule has 0 saturated heterocycles. The molecule has 0 aromatic heterocycles. The maximum absolute atomic E-state index is 6.36. The Morgan fingerprint density at radius 1 is 0.941 bits per heavy atom. The van der Waals surface area contributed by atoms with Crippen molar-refractivity contribution < 1.29 is 0 Å². The Morgan fingerprint density at radius 3 is 1.76 bits per heavy atom. The summed E-state index contributed by atoms with van der Waals surface area (Å²) in [6.07, 6.45) is 8.30. The summed E-state index contributed by atoms with van der Waals surface area (Å²) in [7, 11) is 0. The summed E-state index contributed by atoms with van der Waals surface area (Å²) in [6.45, 7) is 2.21. The lowest BCUT2D eigenvalue weighted by Gasteiger charge is -2.57. The van der Waals surface area contributed by atoms with Gasteiger partial charge < -0.3 is 0 Å². The fourth-order valence-electron chi connectivity index (χ4n) is 5.35. The molecule has 4 fully saturated rings. The number of halogens is 3. The van der Waals surface area contributed by atoms with Gasteiger partial charge in [-0.05, 0) is 67.2 Å². The van der Waals surface area contributed by atoms with Gasteiger partial charge in [0.05, 0.1) is 0 Å². The van der Waals surface area contributed by atoms with Gasteiger partial charge in [0.1, 0.15) is 0 Å². The molecule has 0 spiro atoms.